The van der Waals surface area contributed by atoms with Crippen LogP contribution in [-0.4, -0.2) is 0 Å². The first-order valence-electron chi connectivity index (χ1n) is 27.2. The molecule has 5 aromatic carbocycles. The average molecular weight is 945 g/mol. The molecule has 0 nitrogen and oxygen atoms in total. The number of allylic oxidation sites excluding steroid dienone is 28. The summed E-state index contributed by atoms with van der Waals surface area (Å²) in [6.07, 6.45) is 57.3. The van der Waals surface area contributed by atoms with E-state index in [-0.39, 0.29) is 0 Å². The number of hydrogen-bond donors (Lipinski definition) is 0. The predicted molar refractivity (Wildman–Crippen MR) is 313 cm³/mol. The molecule has 360 valence electrons. The molecule has 0 saturated carbocycles. The smallest absolute Gasteiger partial charge is 0.00676 e. The zero-order valence-electron chi connectivity index (χ0n) is 42.6. The summed E-state index contributed by atoms with van der Waals surface area (Å²) >= 11 is 0. The lowest BCUT2D eigenvalue weighted by molar-refractivity contribution is 0.766. The largest absolute Gasteiger partial charge is 0.0842 e. The second-order valence-corrected chi connectivity index (χ2v) is 20.7. The van der Waals surface area contributed by atoms with Crippen molar-refractivity contribution in [1.82, 2.24) is 0 Å². The van der Waals surface area contributed by atoms with Gasteiger partial charge >= 0.3 is 0 Å². The zero-order valence-corrected chi connectivity index (χ0v) is 42.6. The van der Waals surface area contributed by atoms with Crippen molar-refractivity contribution >= 4 is 5.57 Å². The van der Waals surface area contributed by atoms with Crippen molar-refractivity contribution in [2.75, 3.05) is 0 Å². The van der Waals surface area contributed by atoms with Crippen molar-refractivity contribution in [2.24, 2.45) is 5.92 Å². The third-order valence-corrected chi connectivity index (χ3v) is 15.9. The molecule has 0 heterocycles. The number of benzene rings is 5. The molecule has 0 bridgehead atoms. The summed E-state index contributed by atoms with van der Waals surface area (Å²) in [5.41, 5.74) is 24.7. The lowest BCUT2D eigenvalue weighted by Crippen LogP contribution is -2.10. The molecule has 0 spiro atoms. The van der Waals surface area contributed by atoms with Crippen LogP contribution in [0.5, 0.6) is 0 Å². The standard InChI is InChI=1S/C73H68/c1-2-54(65-32-19-33-66(46-65)73-50-69(59-29-16-7-17-30-59)48-71(52-73)63-42-38-61(39-43-63)56-23-10-4-11-24-56)45-67(57-25-12-5-13-26-57)35-34-53-20-18-31-64(44-53)72-49-68(58-27-14-6-15-28-58)47-70(51-72)62-40-36-60(37-41-62)55-21-8-3-9-22-55/h2-12,14,16,18-25,27,29,33,36-47,49-52,64-65,71H,13,15,17,26,28,30-32,34-35,48H2,1H3/b54-2+,67-45+/t64-,65-,71?/m1/s1. The Hall–Kier alpha value is -7.54. The van der Waals surface area contributed by atoms with Crippen LogP contribution >= 0.6 is 0 Å². The van der Waals surface area contributed by atoms with Crippen LogP contribution in [0.4, 0.5) is 0 Å². The van der Waals surface area contributed by atoms with E-state index in [4.69, 9.17) is 0 Å². The van der Waals surface area contributed by atoms with E-state index in [0.717, 1.165) is 70.6 Å². The molecule has 0 aromatic heterocycles. The number of hydrogen-bond acceptors (Lipinski definition) is 0. The molecular formula is C73H68. The molecule has 6 aliphatic carbocycles. The van der Waals surface area contributed by atoms with Crippen molar-refractivity contribution in [1.29, 1.82) is 0 Å². The van der Waals surface area contributed by atoms with E-state index >= 15 is 0 Å². The highest BCUT2D eigenvalue weighted by atomic mass is 14.3. The minimum Gasteiger partial charge on any atom is -0.0842 e. The maximum Gasteiger partial charge on any atom is 0.00676 e. The van der Waals surface area contributed by atoms with Gasteiger partial charge in [-0.05, 0) is 178 Å². The molecule has 3 atom stereocenters. The molecule has 0 saturated heterocycles. The van der Waals surface area contributed by atoms with Gasteiger partial charge < -0.3 is 0 Å². The predicted octanol–water partition coefficient (Wildman–Crippen LogP) is 20.1. The molecule has 0 amide bonds. The van der Waals surface area contributed by atoms with E-state index in [9.17, 15) is 0 Å². The first-order chi connectivity index (χ1) is 36.1. The van der Waals surface area contributed by atoms with Crippen LogP contribution in [0.2, 0.25) is 0 Å². The third-order valence-electron chi connectivity index (χ3n) is 15.9. The van der Waals surface area contributed by atoms with E-state index in [1.807, 2.05) is 0 Å². The molecular weight excluding hydrogens is 877 g/mol. The monoisotopic (exact) mass is 945 g/mol. The molecule has 0 heteroatoms. The molecule has 1 unspecified atom stereocenters. The van der Waals surface area contributed by atoms with Crippen LogP contribution in [0.15, 0.2) is 287 Å². The van der Waals surface area contributed by atoms with Crippen LogP contribution in [0.25, 0.3) is 39.0 Å². The van der Waals surface area contributed by atoms with Crippen molar-refractivity contribution in [3.05, 3.63) is 304 Å². The maximum absolute atomic E-state index is 2.59. The fraction of sp³-hybridized carbons (Fsp3) is 0.205. The van der Waals surface area contributed by atoms with E-state index in [2.05, 4.69) is 250 Å². The summed E-state index contributed by atoms with van der Waals surface area (Å²) in [5, 5.41) is 0. The van der Waals surface area contributed by atoms with E-state index in [1.54, 1.807) is 0 Å². The van der Waals surface area contributed by atoms with Crippen molar-refractivity contribution in [3.63, 3.8) is 0 Å². The Balaban J connectivity index is 0.857. The molecule has 0 radical (unpaired) electrons. The molecule has 6 aliphatic rings. The van der Waals surface area contributed by atoms with Gasteiger partial charge in [-0.25, -0.2) is 0 Å². The van der Waals surface area contributed by atoms with E-state index in [1.165, 1.54) is 100 Å². The van der Waals surface area contributed by atoms with E-state index < -0.39 is 0 Å². The van der Waals surface area contributed by atoms with Gasteiger partial charge in [0.05, 0.1) is 0 Å². The van der Waals surface area contributed by atoms with Crippen LogP contribution in [0.3, 0.4) is 0 Å². The van der Waals surface area contributed by atoms with Crippen molar-refractivity contribution in [2.45, 2.75) is 89.4 Å². The first-order valence-corrected chi connectivity index (χ1v) is 27.2. The fourth-order valence-corrected chi connectivity index (χ4v) is 11.7. The SMILES string of the molecule is C/C=C(\C=C(/CCC1=C[C@H](c2cc(C3=CC=CCC3)cc(-c3ccc(-c4ccccc4)cc3)c2)CC=C1)C1=CC=CCC1)[C@H]1C=C(C2=CC(c3ccc(-c4ccccc4)cc3)CC(C3=CC=CCC3)=C2)C=CC1. The Labute approximate surface area is 436 Å². The molecule has 0 fully saturated rings. The summed E-state index contributed by atoms with van der Waals surface area (Å²) in [5.74, 6) is 0.958. The third kappa shape index (κ3) is 11.6. The average Bonchev–Trinajstić information content (AvgIpc) is 3.48. The lowest BCUT2D eigenvalue weighted by Gasteiger charge is -2.27. The zero-order chi connectivity index (χ0) is 49.2. The van der Waals surface area contributed by atoms with Crippen LogP contribution in [-0.2, 0) is 0 Å². The summed E-state index contributed by atoms with van der Waals surface area (Å²) in [6, 6.07) is 47.3. The minimum atomic E-state index is 0.309. The number of rotatable bonds is 14. The second kappa shape index (κ2) is 22.9. The molecule has 73 heavy (non-hydrogen) atoms. The minimum absolute atomic E-state index is 0.309. The van der Waals surface area contributed by atoms with Gasteiger partial charge in [0.2, 0.25) is 0 Å². The lowest BCUT2D eigenvalue weighted by atomic mass is 9.77. The molecule has 5 aromatic rings. The highest BCUT2D eigenvalue weighted by Gasteiger charge is 2.24. The van der Waals surface area contributed by atoms with Crippen molar-refractivity contribution in [3.8, 4) is 33.4 Å². The summed E-state index contributed by atoms with van der Waals surface area (Å²) < 4.78 is 0. The molecule has 0 N–H and O–H groups in total. The van der Waals surface area contributed by atoms with Crippen LogP contribution in [0.1, 0.15) is 106 Å². The molecule has 0 aliphatic heterocycles. The van der Waals surface area contributed by atoms with Gasteiger partial charge in [0.1, 0.15) is 0 Å². The highest BCUT2D eigenvalue weighted by molar-refractivity contribution is 5.77. The fourth-order valence-electron chi connectivity index (χ4n) is 11.7. The quantitative estimate of drug-likeness (QED) is 0.0973. The molecule has 11 rings (SSSR count). The van der Waals surface area contributed by atoms with Gasteiger partial charge in [-0.15, -0.1) is 0 Å². The topological polar surface area (TPSA) is 0 Å². The van der Waals surface area contributed by atoms with Crippen molar-refractivity contribution < 1.29 is 0 Å². The Morgan fingerprint density at radius 1 is 0.493 bits per heavy atom. The summed E-state index contributed by atoms with van der Waals surface area (Å²) in [4.78, 5) is 0. The Morgan fingerprint density at radius 3 is 1.77 bits per heavy atom. The second-order valence-electron chi connectivity index (χ2n) is 20.7. The van der Waals surface area contributed by atoms with Crippen LogP contribution < -0.4 is 0 Å². The summed E-state index contributed by atoms with van der Waals surface area (Å²) in [7, 11) is 0. The van der Waals surface area contributed by atoms with Gasteiger partial charge in [0.15, 0.2) is 0 Å². The Kier molecular flexibility index (Phi) is 15.0. The maximum atomic E-state index is 2.59. The van der Waals surface area contributed by atoms with Gasteiger partial charge in [0.25, 0.3) is 0 Å². The van der Waals surface area contributed by atoms with Gasteiger partial charge in [0, 0.05) is 17.8 Å². The van der Waals surface area contributed by atoms with Gasteiger partial charge in [-0.3, -0.25) is 0 Å². The first kappa shape index (κ1) is 47.8. The van der Waals surface area contributed by atoms with E-state index in [0.29, 0.717) is 17.8 Å². The van der Waals surface area contributed by atoms with Gasteiger partial charge in [-0.2, -0.15) is 0 Å². The Morgan fingerprint density at radius 2 is 1.11 bits per heavy atom. The summed E-state index contributed by atoms with van der Waals surface area (Å²) in [6.45, 7) is 2.25. The highest BCUT2D eigenvalue weighted by Crippen LogP contribution is 2.42. The van der Waals surface area contributed by atoms with Gasteiger partial charge in [-0.1, -0.05) is 242 Å². The Bertz CT molecular complexity index is 3260. The van der Waals surface area contributed by atoms with Crippen LogP contribution in [0, 0.1) is 5.92 Å². The normalized spacial score (nSPS) is 20.9.